The summed E-state index contributed by atoms with van der Waals surface area (Å²) in [5, 5.41) is 3.04. The van der Waals surface area contributed by atoms with E-state index in [0.29, 0.717) is 12.1 Å². The van der Waals surface area contributed by atoms with Crippen LogP contribution in [0.15, 0.2) is 83.3 Å². The first-order valence-corrected chi connectivity index (χ1v) is 16.1. The van der Waals surface area contributed by atoms with Gasteiger partial charge in [0.05, 0.1) is 11.9 Å². The molecule has 40 heavy (non-hydrogen) atoms. The van der Waals surface area contributed by atoms with Crippen LogP contribution in [-0.4, -0.2) is 50.0 Å². The van der Waals surface area contributed by atoms with Crippen molar-refractivity contribution in [2.24, 2.45) is 0 Å². The van der Waals surface area contributed by atoms with E-state index in [4.69, 9.17) is 0 Å². The van der Waals surface area contributed by atoms with Gasteiger partial charge in [0.2, 0.25) is 21.8 Å². The monoisotopic (exact) mass is 627 g/mol. The Morgan fingerprint density at radius 2 is 1.57 bits per heavy atom. The van der Waals surface area contributed by atoms with Crippen LogP contribution in [0.1, 0.15) is 43.9 Å². The molecule has 0 aliphatic carbocycles. The van der Waals surface area contributed by atoms with E-state index in [1.165, 1.54) is 4.90 Å². The summed E-state index contributed by atoms with van der Waals surface area (Å²) in [4.78, 5) is 29.4. The Morgan fingerprint density at radius 3 is 2.20 bits per heavy atom. The number of nitrogens with zero attached hydrogens (tertiary/aromatic N) is 2. The Hall–Kier alpha value is -3.17. The molecule has 3 rings (SSSR count). The summed E-state index contributed by atoms with van der Waals surface area (Å²) in [6.07, 6.45) is 2.72. The first-order chi connectivity index (χ1) is 19.0. The summed E-state index contributed by atoms with van der Waals surface area (Å²) in [5.41, 5.74) is 2.99. The van der Waals surface area contributed by atoms with Gasteiger partial charge < -0.3 is 10.2 Å². The van der Waals surface area contributed by atoms with Crippen LogP contribution in [0.3, 0.4) is 0 Å². The first kappa shape index (κ1) is 31.4. The predicted octanol–water partition coefficient (Wildman–Crippen LogP) is 5.33. The van der Waals surface area contributed by atoms with E-state index in [-0.39, 0.29) is 24.9 Å². The van der Waals surface area contributed by atoms with Gasteiger partial charge in [-0.05, 0) is 54.7 Å². The predicted molar refractivity (Wildman–Crippen MR) is 165 cm³/mol. The molecule has 9 heteroatoms. The number of hydrogen-bond acceptors (Lipinski definition) is 4. The lowest BCUT2D eigenvalue weighted by molar-refractivity contribution is -0.140. The Morgan fingerprint density at radius 1 is 0.925 bits per heavy atom. The molecule has 0 bridgehead atoms. The van der Waals surface area contributed by atoms with Crippen molar-refractivity contribution in [2.75, 3.05) is 17.1 Å². The van der Waals surface area contributed by atoms with Crippen LogP contribution in [0.4, 0.5) is 5.69 Å². The molecule has 7 nitrogen and oxygen atoms in total. The number of benzene rings is 3. The molecule has 0 saturated carbocycles. The smallest absolute Gasteiger partial charge is 0.244 e. The highest BCUT2D eigenvalue weighted by Crippen LogP contribution is 2.25. The number of halogens is 1. The lowest BCUT2D eigenvalue weighted by Crippen LogP contribution is -2.54. The van der Waals surface area contributed by atoms with Crippen LogP contribution >= 0.6 is 15.9 Å². The molecule has 0 spiro atoms. The Kier molecular flexibility index (Phi) is 11.3. The molecule has 3 aromatic carbocycles. The molecule has 1 N–H and O–H groups in total. The number of amides is 2. The van der Waals surface area contributed by atoms with Crippen molar-refractivity contribution < 1.29 is 18.0 Å². The van der Waals surface area contributed by atoms with E-state index in [1.807, 2.05) is 87.5 Å². The number of aryl methyl sites for hydroxylation is 1. The van der Waals surface area contributed by atoms with Gasteiger partial charge >= 0.3 is 0 Å². The minimum atomic E-state index is -3.81. The molecule has 3 aromatic rings. The summed E-state index contributed by atoms with van der Waals surface area (Å²) in [5.74, 6) is -0.738. The minimum Gasteiger partial charge on any atom is -0.352 e. The van der Waals surface area contributed by atoms with Gasteiger partial charge in [-0.1, -0.05) is 90.4 Å². The highest BCUT2D eigenvalue weighted by Gasteiger charge is 2.33. The fourth-order valence-corrected chi connectivity index (χ4v) is 5.80. The van der Waals surface area contributed by atoms with Crippen LogP contribution in [0.25, 0.3) is 0 Å². The summed E-state index contributed by atoms with van der Waals surface area (Å²) in [6, 6.07) is 23.3. The molecule has 0 fully saturated rings. The third-order valence-corrected chi connectivity index (χ3v) is 8.45. The number of nitrogens with one attached hydrogen (secondary N) is 1. The molecule has 2 atom stereocenters. The third-order valence-electron chi connectivity index (χ3n) is 6.83. The average molecular weight is 629 g/mol. The zero-order valence-electron chi connectivity index (χ0n) is 23.5. The fraction of sp³-hybridized carbons (Fsp3) is 0.355. The van der Waals surface area contributed by atoms with Crippen molar-refractivity contribution in [1.82, 2.24) is 10.2 Å². The molecule has 0 heterocycles. The SMILES string of the molecule is CCc1ccccc1N(CC(=O)N(Cc1cccc(Br)c1)[C@@H](Cc1ccccc1)C(=O)N[C@@H](C)CC)S(C)(=O)=O. The lowest BCUT2D eigenvalue weighted by Gasteiger charge is -2.34. The number of hydrogen-bond donors (Lipinski definition) is 1. The van der Waals surface area contributed by atoms with Crippen LogP contribution < -0.4 is 9.62 Å². The second-order valence-corrected chi connectivity index (χ2v) is 12.7. The van der Waals surface area contributed by atoms with Crippen molar-refractivity contribution >= 4 is 43.5 Å². The molecule has 0 unspecified atom stereocenters. The van der Waals surface area contributed by atoms with Crippen molar-refractivity contribution in [1.29, 1.82) is 0 Å². The van der Waals surface area contributed by atoms with Crippen LogP contribution in [-0.2, 0) is 39.0 Å². The fourth-order valence-electron chi connectivity index (χ4n) is 4.47. The Labute approximate surface area is 246 Å². The normalized spacial score (nSPS) is 12.8. The largest absolute Gasteiger partial charge is 0.352 e. The highest BCUT2D eigenvalue weighted by atomic mass is 79.9. The number of carbonyl (C=O) groups excluding carboxylic acids is 2. The second-order valence-electron chi connectivity index (χ2n) is 9.93. The average Bonchev–Trinajstić information content (AvgIpc) is 2.93. The maximum atomic E-state index is 14.2. The van der Waals surface area contributed by atoms with Crippen molar-refractivity contribution in [3.8, 4) is 0 Å². The number of para-hydroxylation sites is 1. The van der Waals surface area contributed by atoms with E-state index < -0.39 is 28.5 Å². The van der Waals surface area contributed by atoms with Crippen LogP contribution in [0.5, 0.6) is 0 Å². The van der Waals surface area contributed by atoms with Crippen molar-refractivity contribution in [3.63, 3.8) is 0 Å². The van der Waals surface area contributed by atoms with Gasteiger partial charge in [-0.15, -0.1) is 0 Å². The molecular weight excluding hydrogens is 590 g/mol. The second kappa shape index (κ2) is 14.5. The van der Waals surface area contributed by atoms with Crippen LogP contribution in [0, 0.1) is 0 Å². The number of sulfonamides is 1. The molecule has 0 saturated heterocycles. The van der Waals surface area contributed by atoms with Gasteiger partial charge in [0.15, 0.2) is 0 Å². The van der Waals surface area contributed by atoms with E-state index in [0.717, 1.165) is 38.1 Å². The molecule has 2 amide bonds. The maximum Gasteiger partial charge on any atom is 0.244 e. The van der Waals surface area contributed by atoms with Crippen molar-refractivity contribution in [3.05, 3.63) is 100 Å². The molecule has 0 aliphatic heterocycles. The highest BCUT2D eigenvalue weighted by molar-refractivity contribution is 9.10. The van der Waals surface area contributed by atoms with E-state index in [2.05, 4.69) is 21.2 Å². The summed E-state index contributed by atoms with van der Waals surface area (Å²) >= 11 is 3.49. The molecular formula is C31H38BrN3O4S. The summed E-state index contributed by atoms with van der Waals surface area (Å²) in [7, 11) is -3.81. The van der Waals surface area contributed by atoms with Gasteiger partial charge in [-0.25, -0.2) is 8.42 Å². The molecule has 0 aliphatic rings. The van der Waals surface area contributed by atoms with Crippen molar-refractivity contribution in [2.45, 2.75) is 58.7 Å². The van der Waals surface area contributed by atoms with Crippen LogP contribution in [0.2, 0.25) is 0 Å². The topological polar surface area (TPSA) is 86.8 Å². The van der Waals surface area contributed by atoms with E-state index >= 15 is 0 Å². The van der Waals surface area contributed by atoms with Gasteiger partial charge in [-0.2, -0.15) is 0 Å². The van der Waals surface area contributed by atoms with E-state index in [1.54, 1.807) is 12.1 Å². The number of carbonyl (C=O) groups is 2. The quantitative estimate of drug-likeness (QED) is 0.277. The zero-order chi connectivity index (χ0) is 29.3. The molecule has 0 aromatic heterocycles. The van der Waals surface area contributed by atoms with Gasteiger partial charge in [0, 0.05) is 23.5 Å². The summed E-state index contributed by atoms with van der Waals surface area (Å²) < 4.78 is 28.0. The number of anilines is 1. The maximum absolute atomic E-state index is 14.2. The standard InChI is InChI=1S/C31H38BrN3O4S/c1-5-23(3)33-31(37)29(20-24-13-8-7-9-14-24)34(21-25-15-12-17-27(32)19-25)30(36)22-35(40(4,38)39)28-18-11-10-16-26(28)6-2/h7-19,23,29H,5-6,20-22H2,1-4H3,(H,33,37)/t23-,29-/m0/s1. The van der Waals surface area contributed by atoms with Gasteiger partial charge in [0.25, 0.3) is 0 Å². The molecule has 214 valence electrons. The Balaban J connectivity index is 2.08. The number of rotatable bonds is 13. The summed E-state index contributed by atoms with van der Waals surface area (Å²) in [6.45, 7) is 5.56. The minimum absolute atomic E-state index is 0.0856. The van der Waals surface area contributed by atoms with E-state index in [9.17, 15) is 18.0 Å². The third kappa shape index (κ3) is 8.66. The first-order valence-electron chi connectivity index (χ1n) is 13.5. The Bertz CT molecular complexity index is 1400. The lowest BCUT2D eigenvalue weighted by atomic mass is 10.0. The zero-order valence-corrected chi connectivity index (χ0v) is 25.9. The van der Waals surface area contributed by atoms with Gasteiger partial charge in [0.1, 0.15) is 12.6 Å². The van der Waals surface area contributed by atoms with Gasteiger partial charge in [-0.3, -0.25) is 13.9 Å². The molecule has 0 radical (unpaired) electrons.